The molecule has 0 amide bonds. The monoisotopic (exact) mass is 313 g/mol. The van der Waals surface area contributed by atoms with E-state index in [4.69, 9.17) is 4.74 Å². The van der Waals surface area contributed by atoms with E-state index in [1.54, 1.807) is 7.11 Å². The molecule has 0 heterocycles. The summed E-state index contributed by atoms with van der Waals surface area (Å²) < 4.78 is 6.36. The summed E-state index contributed by atoms with van der Waals surface area (Å²) in [5, 5.41) is 3.62. The molecule has 0 aromatic heterocycles. The van der Waals surface area contributed by atoms with Crippen LogP contribution < -0.4 is 10.1 Å². The van der Waals surface area contributed by atoms with E-state index < -0.39 is 0 Å². The molecule has 0 saturated heterocycles. The SMILES string of the molecule is CCCNC(CC(C)C)c1ccc(OC)cc1Br. The molecular formula is C15H24BrNO. The van der Waals surface area contributed by atoms with Crippen LogP contribution in [0, 0.1) is 5.92 Å². The number of methoxy groups -OCH3 is 1. The molecule has 1 unspecified atom stereocenters. The molecule has 1 aromatic rings. The fourth-order valence-electron chi connectivity index (χ4n) is 2.03. The van der Waals surface area contributed by atoms with Gasteiger partial charge in [-0.3, -0.25) is 0 Å². The molecule has 0 bridgehead atoms. The minimum absolute atomic E-state index is 0.408. The summed E-state index contributed by atoms with van der Waals surface area (Å²) in [4.78, 5) is 0. The average molecular weight is 314 g/mol. The maximum absolute atomic E-state index is 5.24. The number of benzene rings is 1. The van der Waals surface area contributed by atoms with Crippen molar-refractivity contribution in [2.75, 3.05) is 13.7 Å². The van der Waals surface area contributed by atoms with Gasteiger partial charge in [-0.25, -0.2) is 0 Å². The van der Waals surface area contributed by atoms with E-state index in [1.807, 2.05) is 12.1 Å². The molecule has 0 radical (unpaired) electrons. The Balaban J connectivity index is 2.89. The first-order valence-corrected chi connectivity index (χ1v) is 7.44. The lowest BCUT2D eigenvalue weighted by atomic mass is 9.97. The second-order valence-corrected chi connectivity index (χ2v) is 5.88. The van der Waals surface area contributed by atoms with Gasteiger partial charge in [-0.05, 0) is 43.0 Å². The standard InChI is InChI=1S/C15H24BrNO/c1-5-8-17-15(9-11(2)3)13-7-6-12(18-4)10-14(13)16/h6-7,10-11,15,17H,5,8-9H2,1-4H3. The Bertz CT molecular complexity index is 366. The molecule has 0 fully saturated rings. The van der Waals surface area contributed by atoms with Crippen molar-refractivity contribution in [3.63, 3.8) is 0 Å². The smallest absolute Gasteiger partial charge is 0.120 e. The predicted octanol–water partition coefficient (Wildman–Crippen LogP) is 4.54. The Morgan fingerprint density at radius 1 is 1.33 bits per heavy atom. The maximum Gasteiger partial charge on any atom is 0.120 e. The van der Waals surface area contributed by atoms with E-state index >= 15 is 0 Å². The molecule has 1 aromatic carbocycles. The van der Waals surface area contributed by atoms with Gasteiger partial charge in [-0.1, -0.05) is 42.8 Å². The minimum Gasteiger partial charge on any atom is -0.497 e. The molecule has 0 aliphatic heterocycles. The zero-order chi connectivity index (χ0) is 13.5. The Kier molecular flexibility index (Phi) is 6.72. The zero-order valence-electron chi connectivity index (χ0n) is 11.8. The second kappa shape index (κ2) is 7.80. The minimum atomic E-state index is 0.408. The van der Waals surface area contributed by atoms with Crippen molar-refractivity contribution in [2.24, 2.45) is 5.92 Å². The van der Waals surface area contributed by atoms with E-state index in [0.717, 1.165) is 29.6 Å². The van der Waals surface area contributed by atoms with E-state index in [0.29, 0.717) is 12.0 Å². The third-order valence-electron chi connectivity index (χ3n) is 2.93. The van der Waals surface area contributed by atoms with Gasteiger partial charge in [-0.15, -0.1) is 0 Å². The molecule has 0 aliphatic rings. The topological polar surface area (TPSA) is 21.3 Å². The molecular weight excluding hydrogens is 290 g/mol. The highest BCUT2D eigenvalue weighted by molar-refractivity contribution is 9.10. The van der Waals surface area contributed by atoms with Gasteiger partial charge in [0.1, 0.15) is 5.75 Å². The molecule has 0 aliphatic carbocycles. The Labute approximate surface area is 119 Å². The van der Waals surface area contributed by atoms with E-state index in [2.05, 4.69) is 48.1 Å². The summed E-state index contributed by atoms with van der Waals surface area (Å²) in [5.74, 6) is 1.57. The summed E-state index contributed by atoms with van der Waals surface area (Å²) in [6.07, 6.45) is 2.30. The van der Waals surface area contributed by atoms with Crippen molar-refractivity contribution in [2.45, 2.75) is 39.7 Å². The lowest BCUT2D eigenvalue weighted by molar-refractivity contribution is 0.411. The van der Waals surface area contributed by atoms with Crippen molar-refractivity contribution in [1.82, 2.24) is 5.32 Å². The van der Waals surface area contributed by atoms with Gasteiger partial charge < -0.3 is 10.1 Å². The van der Waals surface area contributed by atoms with Gasteiger partial charge in [-0.2, -0.15) is 0 Å². The van der Waals surface area contributed by atoms with Crippen LogP contribution in [0.15, 0.2) is 22.7 Å². The van der Waals surface area contributed by atoms with Gasteiger partial charge in [0.05, 0.1) is 7.11 Å². The zero-order valence-corrected chi connectivity index (χ0v) is 13.4. The van der Waals surface area contributed by atoms with Crippen LogP contribution in [-0.4, -0.2) is 13.7 Å². The molecule has 1 N–H and O–H groups in total. The van der Waals surface area contributed by atoms with Crippen LogP contribution >= 0.6 is 15.9 Å². The fourth-order valence-corrected chi connectivity index (χ4v) is 2.66. The normalized spacial score (nSPS) is 12.8. The number of hydrogen-bond donors (Lipinski definition) is 1. The molecule has 0 spiro atoms. The number of ether oxygens (including phenoxy) is 1. The van der Waals surface area contributed by atoms with Crippen LogP contribution in [0.3, 0.4) is 0 Å². The summed E-state index contributed by atoms with van der Waals surface area (Å²) in [6, 6.07) is 6.63. The maximum atomic E-state index is 5.24. The largest absolute Gasteiger partial charge is 0.497 e. The van der Waals surface area contributed by atoms with Crippen LogP contribution in [0.2, 0.25) is 0 Å². The van der Waals surface area contributed by atoms with Crippen LogP contribution in [-0.2, 0) is 0 Å². The summed E-state index contributed by atoms with van der Waals surface area (Å²) in [7, 11) is 1.70. The summed E-state index contributed by atoms with van der Waals surface area (Å²) in [6.45, 7) is 7.77. The van der Waals surface area contributed by atoms with Crippen molar-refractivity contribution >= 4 is 15.9 Å². The first-order valence-electron chi connectivity index (χ1n) is 6.65. The molecule has 102 valence electrons. The molecule has 2 nitrogen and oxygen atoms in total. The Hall–Kier alpha value is -0.540. The molecule has 1 atom stereocenters. The fraction of sp³-hybridized carbons (Fsp3) is 0.600. The third kappa shape index (κ3) is 4.62. The van der Waals surface area contributed by atoms with E-state index in [1.165, 1.54) is 5.56 Å². The second-order valence-electron chi connectivity index (χ2n) is 5.02. The average Bonchev–Trinajstić information content (AvgIpc) is 2.34. The summed E-state index contributed by atoms with van der Waals surface area (Å²) >= 11 is 3.65. The van der Waals surface area contributed by atoms with Gasteiger partial charge in [0, 0.05) is 10.5 Å². The summed E-state index contributed by atoms with van der Waals surface area (Å²) in [5.41, 5.74) is 1.32. The molecule has 1 rings (SSSR count). The van der Waals surface area contributed by atoms with Crippen LogP contribution in [0.5, 0.6) is 5.75 Å². The van der Waals surface area contributed by atoms with Gasteiger partial charge in [0.2, 0.25) is 0 Å². The number of hydrogen-bond acceptors (Lipinski definition) is 2. The highest BCUT2D eigenvalue weighted by Gasteiger charge is 2.15. The van der Waals surface area contributed by atoms with Gasteiger partial charge >= 0.3 is 0 Å². The van der Waals surface area contributed by atoms with E-state index in [-0.39, 0.29) is 0 Å². The predicted molar refractivity (Wildman–Crippen MR) is 81.2 cm³/mol. The third-order valence-corrected chi connectivity index (χ3v) is 3.62. The van der Waals surface area contributed by atoms with Gasteiger partial charge in [0.15, 0.2) is 0 Å². The van der Waals surface area contributed by atoms with E-state index in [9.17, 15) is 0 Å². The molecule has 0 saturated carbocycles. The molecule has 18 heavy (non-hydrogen) atoms. The Morgan fingerprint density at radius 2 is 2.06 bits per heavy atom. The first-order chi connectivity index (χ1) is 8.58. The van der Waals surface area contributed by atoms with Crippen molar-refractivity contribution < 1.29 is 4.74 Å². The lowest BCUT2D eigenvalue weighted by Crippen LogP contribution is -2.23. The number of halogens is 1. The Morgan fingerprint density at radius 3 is 2.56 bits per heavy atom. The van der Waals surface area contributed by atoms with Crippen LogP contribution in [0.25, 0.3) is 0 Å². The molecule has 3 heteroatoms. The first kappa shape index (κ1) is 15.5. The highest BCUT2D eigenvalue weighted by Crippen LogP contribution is 2.31. The highest BCUT2D eigenvalue weighted by atomic mass is 79.9. The number of nitrogens with one attached hydrogen (secondary N) is 1. The van der Waals surface area contributed by atoms with Crippen LogP contribution in [0.4, 0.5) is 0 Å². The van der Waals surface area contributed by atoms with Crippen molar-refractivity contribution in [3.05, 3.63) is 28.2 Å². The van der Waals surface area contributed by atoms with Gasteiger partial charge in [0.25, 0.3) is 0 Å². The van der Waals surface area contributed by atoms with Crippen LogP contribution in [0.1, 0.15) is 45.2 Å². The van der Waals surface area contributed by atoms with Crippen molar-refractivity contribution in [3.8, 4) is 5.75 Å². The van der Waals surface area contributed by atoms with Crippen molar-refractivity contribution in [1.29, 1.82) is 0 Å². The lowest BCUT2D eigenvalue weighted by Gasteiger charge is -2.22. The quantitative estimate of drug-likeness (QED) is 0.797. The number of rotatable bonds is 7.